The van der Waals surface area contributed by atoms with Gasteiger partial charge in [0.2, 0.25) is 15.9 Å². The van der Waals surface area contributed by atoms with E-state index >= 15 is 0 Å². The highest BCUT2D eigenvalue weighted by atomic mass is 32.2. The number of sulfonamides is 1. The molecule has 1 aliphatic rings. The number of halogens is 1. The van der Waals surface area contributed by atoms with Crippen molar-refractivity contribution in [3.63, 3.8) is 0 Å². The van der Waals surface area contributed by atoms with Crippen LogP contribution in [0.15, 0.2) is 24.3 Å². The molecule has 8 heteroatoms. The Morgan fingerprint density at radius 2 is 1.96 bits per heavy atom. The Morgan fingerprint density at radius 1 is 1.30 bits per heavy atom. The first kappa shape index (κ1) is 21.8. The zero-order chi connectivity index (χ0) is 19.9. The number of rotatable bonds is 9. The van der Waals surface area contributed by atoms with Crippen molar-refractivity contribution in [3.8, 4) is 0 Å². The van der Waals surface area contributed by atoms with Crippen LogP contribution >= 0.6 is 0 Å². The molecule has 2 rings (SSSR count). The maximum atomic E-state index is 13.8. The molecule has 0 spiro atoms. The molecule has 1 amide bonds. The number of carbonyl (C=O) groups excluding carboxylic acids is 1. The molecule has 27 heavy (non-hydrogen) atoms. The van der Waals surface area contributed by atoms with E-state index in [4.69, 9.17) is 0 Å². The molecule has 1 fully saturated rings. The third-order valence-electron chi connectivity index (χ3n) is 4.94. The first-order chi connectivity index (χ1) is 12.8. The van der Waals surface area contributed by atoms with Gasteiger partial charge in [-0.3, -0.25) is 4.79 Å². The maximum absolute atomic E-state index is 13.8. The summed E-state index contributed by atoms with van der Waals surface area (Å²) in [7, 11) is -3.63. The minimum atomic E-state index is -3.63. The van der Waals surface area contributed by atoms with Crippen LogP contribution in [0.3, 0.4) is 0 Å². The molecule has 0 unspecified atom stereocenters. The van der Waals surface area contributed by atoms with Gasteiger partial charge in [0.15, 0.2) is 0 Å². The summed E-state index contributed by atoms with van der Waals surface area (Å²) >= 11 is 0. The Bertz CT molecular complexity index is 719. The molecule has 1 N–H and O–H groups in total. The molecule has 1 saturated heterocycles. The zero-order valence-corrected chi connectivity index (χ0v) is 17.0. The summed E-state index contributed by atoms with van der Waals surface area (Å²) in [6.07, 6.45) is 4.28. The lowest BCUT2D eigenvalue weighted by Gasteiger charge is -2.30. The normalized spacial score (nSPS) is 16.6. The van der Waals surface area contributed by atoms with Crippen LogP contribution in [0.4, 0.5) is 4.39 Å². The van der Waals surface area contributed by atoms with Crippen LogP contribution in [0.1, 0.15) is 31.7 Å². The van der Waals surface area contributed by atoms with Gasteiger partial charge in [-0.15, -0.1) is 0 Å². The number of hydrogen-bond acceptors (Lipinski definition) is 4. The zero-order valence-electron chi connectivity index (χ0n) is 16.2. The summed E-state index contributed by atoms with van der Waals surface area (Å²) in [5.74, 6) is -0.0659. The summed E-state index contributed by atoms with van der Waals surface area (Å²) in [5.41, 5.74) is 0.245. The Labute approximate surface area is 161 Å². The molecular weight excluding hydrogens is 369 g/mol. The molecule has 1 aromatic carbocycles. The standard InChI is InChI=1S/C19H30FN3O3S/c1-16-8-12-22(13-9-16)11-5-10-21-19(24)15-23(27(2,25)26)14-17-6-3-4-7-18(17)20/h3-4,6-7,16H,5,8-15H2,1-2H3,(H,21,24). The Balaban J connectivity index is 1.77. The molecule has 152 valence electrons. The third kappa shape index (κ3) is 7.56. The van der Waals surface area contributed by atoms with Crippen LogP contribution in [-0.4, -0.2) is 62.5 Å². The van der Waals surface area contributed by atoms with E-state index in [-0.39, 0.29) is 24.6 Å². The van der Waals surface area contributed by atoms with Gasteiger partial charge in [0, 0.05) is 18.7 Å². The monoisotopic (exact) mass is 399 g/mol. The van der Waals surface area contributed by atoms with Crippen molar-refractivity contribution in [2.24, 2.45) is 5.92 Å². The fraction of sp³-hybridized carbons (Fsp3) is 0.632. The summed E-state index contributed by atoms with van der Waals surface area (Å²) in [6, 6.07) is 5.97. The SMILES string of the molecule is CC1CCN(CCCNC(=O)CN(Cc2ccccc2F)S(C)(=O)=O)CC1. The fourth-order valence-corrected chi connectivity index (χ4v) is 3.86. The average Bonchev–Trinajstić information content (AvgIpc) is 2.60. The smallest absolute Gasteiger partial charge is 0.235 e. The lowest BCUT2D eigenvalue weighted by molar-refractivity contribution is -0.121. The lowest BCUT2D eigenvalue weighted by atomic mass is 9.99. The minimum Gasteiger partial charge on any atom is -0.355 e. The summed E-state index contributed by atoms with van der Waals surface area (Å²) in [5, 5.41) is 2.77. The van der Waals surface area contributed by atoms with Crippen LogP contribution in [0.5, 0.6) is 0 Å². The molecule has 1 aromatic rings. The van der Waals surface area contributed by atoms with Gasteiger partial charge in [-0.25, -0.2) is 12.8 Å². The molecule has 0 radical (unpaired) electrons. The number of carbonyl (C=O) groups is 1. The van der Waals surface area contributed by atoms with Gasteiger partial charge in [-0.05, 0) is 50.9 Å². The van der Waals surface area contributed by atoms with Crippen LogP contribution in [0.2, 0.25) is 0 Å². The first-order valence-electron chi connectivity index (χ1n) is 9.43. The molecule has 1 aliphatic heterocycles. The number of benzene rings is 1. The van der Waals surface area contributed by atoms with Crippen molar-refractivity contribution in [3.05, 3.63) is 35.6 Å². The highest BCUT2D eigenvalue weighted by Crippen LogP contribution is 2.15. The number of nitrogens with zero attached hydrogens (tertiary/aromatic N) is 2. The molecular formula is C19H30FN3O3S. The lowest BCUT2D eigenvalue weighted by Crippen LogP contribution is -2.41. The van der Waals surface area contributed by atoms with E-state index in [1.54, 1.807) is 12.1 Å². The van der Waals surface area contributed by atoms with E-state index in [1.165, 1.54) is 25.0 Å². The summed E-state index contributed by atoms with van der Waals surface area (Å²) in [6.45, 7) is 5.42. The third-order valence-corrected chi connectivity index (χ3v) is 6.14. The highest BCUT2D eigenvalue weighted by Gasteiger charge is 2.21. The van der Waals surface area contributed by atoms with Crippen molar-refractivity contribution >= 4 is 15.9 Å². The number of likely N-dealkylation sites (tertiary alicyclic amines) is 1. The number of piperidine rings is 1. The van der Waals surface area contributed by atoms with Gasteiger partial charge in [0.1, 0.15) is 5.82 Å². The van der Waals surface area contributed by atoms with Crippen LogP contribution in [0, 0.1) is 11.7 Å². The van der Waals surface area contributed by atoms with Gasteiger partial charge in [0.25, 0.3) is 0 Å². The predicted octanol–water partition coefficient (Wildman–Crippen LogP) is 1.83. The van der Waals surface area contributed by atoms with Gasteiger partial charge < -0.3 is 10.2 Å². The molecule has 0 aromatic heterocycles. The fourth-order valence-electron chi connectivity index (χ4n) is 3.14. The second-order valence-electron chi connectivity index (χ2n) is 7.35. The largest absolute Gasteiger partial charge is 0.355 e. The molecule has 1 heterocycles. The molecule has 0 aliphatic carbocycles. The number of amides is 1. The number of nitrogens with one attached hydrogen (secondary N) is 1. The van der Waals surface area contributed by atoms with Gasteiger partial charge in [0.05, 0.1) is 12.8 Å². The second-order valence-corrected chi connectivity index (χ2v) is 9.33. The Hall–Kier alpha value is -1.51. The highest BCUT2D eigenvalue weighted by molar-refractivity contribution is 7.88. The number of hydrogen-bond donors (Lipinski definition) is 1. The van der Waals surface area contributed by atoms with Crippen molar-refractivity contribution < 1.29 is 17.6 Å². The molecule has 0 saturated carbocycles. The quantitative estimate of drug-likeness (QED) is 0.643. The van der Waals surface area contributed by atoms with Crippen molar-refractivity contribution in [2.45, 2.75) is 32.7 Å². The average molecular weight is 400 g/mol. The van der Waals surface area contributed by atoms with Crippen LogP contribution < -0.4 is 5.32 Å². The topological polar surface area (TPSA) is 69.7 Å². The van der Waals surface area contributed by atoms with E-state index in [9.17, 15) is 17.6 Å². The van der Waals surface area contributed by atoms with E-state index in [0.29, 0.717) is 6.54 Å². The minimum absolute atomic E-state index is 0.162. The van der Waals surface area contributed by atoms with E-state index < -0.39 is 15.8 Å². The van der Waals surface area contributed by atoms with E-state index in [2.05, 4.69) is 17.1 Å². The Kier molecular flexibility index (Phi) is 8.19. The molecule has 6 nitrogen and oxygen atoms in total. The Morgan fingerprint density at radius 3 is 2.59 bits per heavy atom. The van der Waals surface area contributed by atoms with Gasteiger partial charge in [-0.2, -0.15) is 4.31 Å². The predicted molar refractivity (Wildman–Crippen MR) is 104 cm³/mol. The summed E-state index contributed by atoms with van der Waals surface area (Å²) < 4.78 is 38.7. The molecule has 0 atom stereocenters. The molecule has 0 bridgehead atoms. The van der Waals surface area contributed by atoms with Crippen LogP contribution in [0.25, 0.3) is 0 Å². The van der Waals surface area contributed by atoms with E-state index in [1.807, 2.05) is 0 Å². The summed E-state index contributed by atoms with van der Waals surface area (Å²) in [4.78, 5) is 14.5. The second kappa shape index (κ2) is 10.1. The first-order valence-corrected chi connectivity index (χ1v) is 11.3. The van der Waals surface area contributed by atoms with Gasteiger partial charge in [-0.1, -0.05) is 25.1 Å². The van der Waals surface area contributed by atoms with Crippen molar-refractivity contribution in [1.82, 2.24) is 14.5 Å². The van der Waals surface area contributed by atoms with Crippen molar-refractivity contribution in [1.29, 1.82) is 0 Å². The maximum Gasteiger partial charge on any atom is 0.235 e. The van der Waals surface area contributed by atoms with E-state index in [0.717, 1.165) is 42.5 Å². The van der Waals surface area contributed by atoms with Gasteiger partial charge >= 0.3 is 0 Å². The van der Waals surface area contributed by atoms with Crippen LogP contribution in [-0.2, 0) is 21.4 Å². The van der Waals surface area contributed by atoms with Crippen molar-refractivity contribution in [2.75, 3.05) is 39.0 Å².